The van der Waals surface area contributed by atoms with E-state index in [4.69, 9.17) is 4.74 Å². The summed E-state index contributed by atoms with van der Waals surface area (Å²) in [4.78, 5) is 0. The van der Waals surface area contributed by atoms with Gasteiger partial charge in [0, 0.05) is 19.7 Å². The van der Waals surface area contributed by atoms with Crippen LogP contribution < -0.4 is 9.46 Å². The highest BCUT2D eigenvalue weighted by atomic mass is 32.2. The van der Waals surface area contributed by atoms with Crippen LogP contribution in [0.5, 0.6) is 5.75 Å². The van der Waals surface area contributed by atoms with Gasteiger partial charge < -0.3 is 4.74 Å². The Balaban J connectivity index is 2.52. The van der Waals surface area contributed by atoms with Crippen LogP contribution in [0, 0.1) is 0 Å². The molecule has 2 aromatic rings. The average molecular weight is 320 g/mol. The van der Waals surface area contributed by atoms with Gasteiger partial charge in [-0.2, -0.15) is 17.4 Å². The van der Waals surface area contributed by atoms with E-state index in [2.05, 4.69) is 4.72 Å². The van der Waals surface area contributed by atoms with Gasteiger partial charge in [0.25, 0.3) is 10.2 Å². The van der Waals surface area contributed by atoms with Crippen LogP contribution >= 0.6 is 0 Å². The van der Waals surface area contributed by atoms with Crippen molar-refractivity contribution in [3.63, 3.8) is 0 Å². The maximum Gasteiger partial charge on any atom is 0.279 e. The normalized spacial score (nSPS) is 13.1. The molecule has 5 nitrogen and oxygen atoms in total. The van der Waals surface area contributed by atoms with Crippen molar-refractivity contribution in [1.82, 2.24) is 9.03 Å². The van der Waals surface area contributed by atoms with Crippen LogP contribution in [0.25, 0.3) is 0 Å². The molecular formula is C16H20N2O3S. The Morgan fingerprint density at radius 1 is 1.00 bits per heavy atom. The van der Waals surface area contributed by atoms with Gasteiger partial charge in [0.15, 0.2) is 0 Å². The molecule has 0 aliphatic heterocycles. The highest BCUT2D eigenvalue weighted by Crippen LogP contribution is 2.30. The third-order valence-corrected chi connectivity index (χ3v) is 4.83. The number of rotatable bonds is 6. The van der Waals surface area contributed by atoms with E-state index in [1.165, 1.54) is 14.1 Å². The molecule has 0 aromatic heterocycles. The lowest BCUT2D eigenvalue weighted by molar-refractivity contribution is 0.406. The van der Waals surface area contributed by atoms with E-state index < -0.39 is 16.3 Å². The van der Waals surface area contributed by atoms with E-state index in [9.17, 15) is 8.42 Å². The van der Waals surface area contributed by atoms with Gasteiger partial charge in [0.1, 0.15) is 5.75 Å². The lowest BCUT2D eigenvalue weighted by atomic mass is 9.99. The fourth-order valence-corrected chi connectivity index (χ4v) is 2.89. The van der Waals surface area contributed by atoms with E-state index in [0.29, 0.717) is 5.75 Å². The number of hydrogen-bond acceptors (Lipinski definition) is 3. The predicted molar refractivity (Wildman–Crippen MR) is 87.0 cm³/mol. The molecule has 0 radical (unpaired) electrons. The van der Waals surface area contributed by atoms with Crippen LogP contribution in [-0.2, 0) is 10.2 Å². The maximum atomic E-state index is 12.3. The maximum absolute atomic E-state index is 12.3. The summed E-state index contributed by atoms with van der Waals surface area (Å²) in [5.74, 6) is 0.637. The molecule has 0 heterocycles. The minimum absolute atomic E-state index is 0.523. The summed E-state index contributed by atoms with van der Waals surface area (Å²) < 4.78 is 33.8. The molecule has 1 N–H and O–H groups in total. The van der Waals surface area contributed by atoms with Crippen molar-refractivity contribution < 1.29 is 13.2 Å². The predicted octanol–water partition coefficient (Wildman–Crippen LogP) is 2.18. The Hall–Kier alpha value is -1.89. The number of hydrogen-bond donors (Lipinski definition) is 1. The number of nitrogens with zero attached hydrogens (tertiary/aromatic N) is 1. The van der Waals surface area contributed by atoms with Crippen molar-refractivity contribution in [3.8, 4) is 5.75 Å². The fraction of sp³-hybridized carbons (Fsp3) is 0.250. The zero-order chi connectivity index (χ0) is 16.2. The summed E-state index contributed by atoms with van der Waals surface area (Å²) in [5, 5.41) is 0. The molecule has 0 fully saturated rings. The second-order valence-corrected chi connectivity index (χ2v) is 6.91. The Bertz CT molecular complexity index is 715. The van der Waals surface area contributed by atoms with E-state index in [1.807, 2.05) is 54.6 Å². The van der Waals surface area contributed by atoms with Gasteiger partial charge in [-0.25, -0.2) is 0 Å². The smallest absolute Gasteiger partial charge is 0.279 e. The molecule has 0 aliphatic rings. The second kappa shape index (κ2) is 6.91. The minimum Gasteiger partial charge on any atom is -0.496 e. The molecule has 2 rings (SSSR count). The Morgan fingerprint density at radius 2 is 1.59 bits per heavy atom. The molecular weight excluding hydrogens is 300 g/mol. The highest BCUT2D eigenvalue weighted by molar-refractivity contribution is 7.87. The lowest BCUT2D eigenvalue weighted by Gasteiger charge is -2.23. The molecule has 0 aliphatic carbocycles. The summed E-state index contributed by atoms with van der Waals surface area (Å²) >= 11 is 0. The number of methoxy groups -OCH3 is 1. The lowest BCUT2D eigenvalue weighted by Crippen LogP contribution is -2.38. The van der Waals surface area contributed by atoms with Crippen molar-refractivity contribution in [2.75, 3.05) is 21.2 Å². The first-order valence-corrected chi connectivity index (χ1v) is 8.27. The number of ether oxygens (including phenoxy) is 1. The van der Waals surface area contributed by atoms with E-state index >= 15 is 0 Å². The summed E-state index contributed by atoms with van der Waals surface area (Å²) in [6.07, 6.45) is 0. The van der Waals surface area contributed by atoms with Gasteiger partial charge in [0.05, 0.1) is 13.2 Å². The zero-order valence-corrected chi connectivity index (χ0v) is 13.7. The summed E-state index contributed by atoms with van der Waals surface area (Å²) in [6, 6.07) is 16.3. The van der Waals surface area contributed by atoms with Gasteiger partial charge in [-0.1, -0.05) is 48.5 Å². The van der Waals surface area contributed by atoms with Crippen molar-refractivity contribution in [2.24, 2.45) is 0 Å². The van der Waals surface area contributed by atoms with Crippen molar-refractivity contribution >= 4 is 10.2 Å². The zero-order valence-electron chi connectivity index (χ0n) is 12.9. The van der Waals surface area contributed by atoms with Gasteiger partial charge >= 0.3 is 0 Å². The summed E-state index contributed by atoms with van der Waals surface area (Å²) in [5.41, 5.74) is 1.61. The second-order valence-electron chi connectivity index (χ2n) is 4.99. The molecule has 0 saturated carbocycles. The third-order valence-electron chi connectivity index (χ3n) is 3.33. The molecule has 0 saturated heterocycles. The molecule has 0 bridgehead atoms. The summed E-state index contributed by atoms with van der Waals surface area (Å²) in [6.45, 7) is 0. The Morgan fingerprint density at radius 3 is 2.18 bits per heavy atom. The molecule has 6 heteroatoms. The van der Waals surface area contributed by atoms with Crippen molar-refractivity contribution in [2.45, 2.75) is 6.04 Å². The number of nitrogens with one attached hydrogen (secondary N) is 1. The average Bonchev–Trinajstić information content (AvgIpc) is 2.53. The largest absolute Gasteiger partial charge is 0.496 e. The van der Waals surface area contributed by atoms with E-state index in [-0.39, 0.29) is 0 Å². The quantitative estimate of drug-likeness (QED) is 0.887. The molecule has 118 valence electrons. The van der Waals surface area contributed by atoms with Crippen LogP contribution in [0.1, 0.15) is 17.2 Å². The van der Waals surface area contributed by atoms with Crippen LogP contribution in [0.2, 0.25) is 0 Å². The monoisotopic (exact) mass is 320 g/mol. The van der Waals surface area contributed by atoms with Crippen molar-refractivity contribution in [3.05, 3.63) is 65.7 Å². The van der Waals surface area contributed by atoms with E-state index in [0.717, 1.165) is 15.4 Å². The molecule has 22 heavy (non-hydrogen) atoms. The first-order valence-electron chi connectivity index (χ1n) is 6.83. The molecule has 2 aromatic carbocycles. The SMILES string of the molecule is COc1ccccc1[C@@H](NS(=O)(=O)N(C)C)c1ccccc1. The topological polar surface area (TPSA) is 58.6 Å². The minimum atomic E-state index is -3.59. The molecule has 0 unspecified atom stereocenters. The molecule has 0 amide bonds. The third kappa shape index (κ3) is 3.65. The fourth-order valence-electron chi connectivity index (χ4n) is 2.12. The standard InChI is InChI=1S/C16H20N2O3S/c1-18(2)22(19,20)17-16(13-9-5-4-6-10-13)14-11-7-8-12-15(14)21-3/h4-12,16-17H,1-3H3/t16-/m0/s1. The first-order chi connectivity index (χ1) is 10.5. The first kappa shape index (κ1) is 16.5. The van der Waals surface area contributed by atoms with Crippen LogP contribution in [0.15, 0.2) is 54.6 Å². The van der Waals surface area contributed by atoms with Gasteiger partial charge in [-0.3, -0.25) is 0 Å². The highest BCUT2D eigenvalue weighted by Gasteiger charge is 2.24. The van der Waals surface area contributed by atoms with Crippen LogP contribution in [0.3, 0.4) is 0 Å². The van der Waals surface area contributed by atoms with Crippen LogP contribution in [-0.4, -0.2) is 33.9 Å². The molecule has 1 atom stereocenters. The summed E-state index contributed by atoms with van der Waals surface area (Å²) in [7, 11) is 0.965. The van der Waals surface area contributed by atoms with Gasteiger partial charge in [-0.15, -0.1) is 0 Å². The number of benzene rings is 2. The Labute approximate surface area is 131 Å². The van der Waals surface area contributed by atoms with E-state index in [1.54, 1.807) is 7.11 Å². The van der Waals surface area contributed by atoms with Crippen LogP contribution in [0.4, 0.5) is 0 Å². The van der Waals surface area contributed by atoms with Gasteiger partial charge in [0.2, 0.25) is 0 Å². The number of para-hydroxylation sites is 1. The van der Waals surface area contributed by atoms with Gasteiger partial charge in [-0.05, 0) is 11.6 Å². The van der Waals surface area contributed by atoms with Crippen molar-refractivity contribution in [1.29, 1.82) is 0 Å². The Kier molecular flexibility index (Phi) is 5.18. The molecule has 0 spiro atoms.